The Kier molecular flexibility index (Phi) is 5.69. The second kappa shape index (κ2) is 7.84. The van der Waals surface area contributed by atoms with E-state index in [1.807, 2.05) is 19.2 Å². The summed E-state index contributed by atoms with van der Waals surface area (Å²) in [5.41, 5.74) is 1.43. The van der Waals surface area contributed by atoms with E-state index in [-0.39, 0.29) is 17.5 Å². The van der Waals surface area contributed by atoms with E-state index in [2.05, 4.69) is 10.6 Å². The Labute approximate surface area is 159 Å². The lowest BCUT2D eigenvalue weighted by Gasteiger charge is -2.50. The van der Waals surface area contributed by atoms with Crippen LogP contribution in [0.25, 0.3) is 0 Å². The van der Waals surface area contributed by atoms with Gasteiger partial charge >= 0.3 is 0 Å². The second-order valence-electron chi connectivity index (χ2n) is 8.16. The zero-order valence-electron chi connectivity index (χ0n) is 16.1. The molecule has 1 aromatic rings. The van der Waals surface area contributed by atoms with Crippen molar-refractivity contribution in [2.45, 2.75) is 64.5 Å². The SMILES string of the molecule is CC(=O)O.Cc1ccn(C2CC2)c(=O)c1C(=O)NC1CC2(CCNCC2)C1. The van der Waals surface area contributed by atoms with Gasteiger partial charge in [0, 0.05) is 25.2 Å². The molecule has 0 bridgehead atoms. The number of aryl methyl sites for hydroxylation is 1. The number of carboxylic acid groups (broad SMARTS) is 1. The molecule has 7 heteroatoms. The molecule has 3 N–H and O–H groups in total. The molecule has 148 valence electrons. The first kappa shape index (κ1) is 19.6. The standard InChI is InChI=1S/C18H25N3O2.C2H4O2/c1-12-4-9-21(14-2-3-14)17(23)15(12)16(22)20-13-10-18(11-13)5-7-19-8-6-18;1-2(3)4/h4,9,13-14,19H,2-3,5-8,10-11H2,1H3,(H,20,22);1H3,(H,3,4). The van der Waals surface area contributed by atoms with Gasteiger partial charge in [0.25, 0.3) is 17.4 Å². The zero-order chi connectivity index (χ0) is 19.6. The summed E-state index contributed by atoms with van der Waals surface area (Å²) in [6.45, 7) is 5.11. The summed E-state index contributed by atoms with van der Waals surface area (Å²) in [7, 11) is 0. The molecule has 4 rings (SSSR count). The van der Waals surface area contributed by atoms with Crippen LogP contribution < -0.4 is 16.2 Å². The van der Waals surface area contributed by atoms with Gasteiger partial charge < -0.3 is 20.3 Å². The zero-order valence-corrected chi connectivity index (χ0v) is 16.1. The largest absolute Gasteiger partial charge is 0.481 e. The first-order valence-electron chi connectivity index (χ1n) is 9.74. The summed E-state index contributed by atoms with van der Waals surface area (Å²) in [6, 6.07) is 2.43. The number of amides is 1. The van der Waals surface area contributed by atoms with Crippen molar-refractivity contribution in [3.63, 3.8) is 0 Å². The van der Waals surface area contributed by atoms with Crippen molar-refractivity contribution >= 4 is 11.9 Å². The highest BCUT2D eigenvalue weighted by Gasteiger charge is 2.45. The smallest absolute Gasteiger partial charge is 0.300 e. The van der Waals surface area contributed by atoms with Gasteiger partial charge in [-0.05, 0) is 75.6 Å². The minimum atomic E-state index is -0.833. The summed E-state index contributed by atoms with van der Waals surface area (Å²) in [6.07, 6.45) is 8.45. The quantitative estimate of drug-likeness (QED) is 0.748. The molecule has 7 nitrogen and oxygen atoms in total. The predicted octanol–water partition coefficient (Wildman–Crippen LogP) is 1.84. The van der Waals surface area contributed by atoms with Crippen LogP contribution in [-0.2, 0) is 4.79 Å². The van der Waals surface area contributed by atoms with E-state index < -0.39 is 5.97 Å². The van der Waals surface area contributed by atoms with Crippen molar-refractivity contribution in [3.05, 3.63) is 33.7 Å². The number of piperidine rings is 1. The van der Waals surface area contributed by atoms with Crippen LogP contribution in [0.1, 0.15) is 67.4 Å². The lowest BCUT2D eigenvalue weighted by molar-refractivity contribution is -0.134. The molecule has 1 saturated heterocycles. The Hall–Kier alpha value is -2.15. The molecule has 3 aliphatic rings. The highest BCUT2D eigenvalue weighted by Crippen LogP contribution is 2.47. The van der Waals surface area contributed by atoms with Gasteiger partial charge in [-0.1, -0.05) is 0 Å². The fourth-order valence-electron chi connectivity index (χ4n) is 4.27. The number of nitrogens with zero attached hydrogens (tertiary/aromatic N) is 1. The van der Waals surface area contributed by atoms with Crippen molar-refractivity contribution in [2.75, 3.05) is 13.1 Å². The molecule has 27 heavy (non-hydrogen) atoms. The predicted molar refractivity (Wildman–Crippen MR) is 102 cm³/mol. The average Bonchev–Trinajstić information content (AvgIpc) is 3.39. The first-order chi connectivity index (χ1) is 12.8. The Bertz CT molecular complexity index is 764. The normalized spacial score (nSPS) is 21.0. The Balaban J connectivity index is 0.000000481. The van der Waals surface area contributed by atoms with Crippen LogP contribution >= 0.6 is 0 Å². The molecular weight excluding hydrogens is 346 g/mol. The van der Waals surface area contributed by atoms with E-state index in [0.29, 0.717) is 17.0 Å². The Morgan fingerprint density at radius 1 is 1.26 bits per heavy atom. The van der Waals surface area contributed by atoms with Crippen LogP contribution in [0.2, 0.25) is 0 Å². The molecule has 1 aromatic heterocycles. The van der Waals surface area contributed by atoms with Crippen LogP contribution in [0.15, 0.2) is 17.1 Å². The van der Waals surface area contributed by atoms with Gasteiger partial charge in [0.1, 0.15) is 5.56 Å². The van der Waals surface area contributed by atoms with E-state index in [1.165, 1.54) is 12.8 Å². The Morgan fingerprint density at radius 2 is 1.85 bits per heavy atom. The van der Waals surface area contributed by atoms with Crippen molar-refractivity contribution < 1.29 is 14.7 Å². The second-order valence-corrected chi connectivity index (χ2v) is 8.16. The maximum absolute atomic E-state index is 12.6. The lowest BCUT2D eigenvalue weighted by atomic mass is 9.60. The number of pyridine rings is 1. The van der Waals surface area contributed by atoms with E-state index in [0.717, 1.165) is 51.3 Å². The third kappa shape index (κ3) is 4.58. The Morgan fingerprint density at radius 3 is 2.41 bits per heavy atom. The fraction of sp³-hybridized carbons (Fsp3) is 0.650. The molecule has 0 aromatic carbocycles. The minimum Gasteiger partial charge on any atom is -0.481 e. The van der Waals surface area contributed by atoms with Gasteiger partial charge in [0.05, 0.1) is 0 Å². The summed E-state index contributed by atoms with van der Waals surface area (Å²) in [4.78, 5) is 34.2. The number of carbonyl (C=O) groups is 2. The number of carbonyl (C=O) groups excluding carboxylic acids is 1. The molecule has 0 atom stereocenters. The van der Waals surface area contributed by atoms with E-state index in [1.54, 1.807) is 4.57 Å². The summed E-state index contributed by atoms with van der Waals surface area (Å²) in [5, 5.41) is 13.9. The topological polar surface area (TPSA) is 100 Å². The van der Waals surface area contributed by atoms with Crippen LogP contribution in [0.5, 0.6) is 0 Å². The van der Waals surface area contributed by atoms with Gasteiger partial charge in [-0.15, -0.1) is 0 Å². The third-order valence-electron chi connectivity index (χ3n) is 5.85. The highest BCUT2D eigenvalue weighted by atomic mass is 16.4. The summed E-state index contributed by atoms with van der Waals surface area (Å²) >= 11 is 0. The minimum absolute atomic E-state index is 0.124. The fourth-order valence-corrected chi connectivity index (χ4v) is 4.27. The molecule has 2 saturated carbocycles. The monoisotopic (exact) mass is 375 g/mol. The maximum Gasteiger partial charge on any atom is 0.300 e. The summed E-state index contributed by atoms with van der Waals surface area (Å²) in [5.74, 6) is -1.02. The number of aliphatic carboxylic acids is 1. The third-order valence-corrected chi connectivity index (χ3v) is 5.85. The maximum atomic E-state index is 12.6. The number of hydrogen-bond acceptors (Lipinski definition) is 4. The molecule has 2 heterocycles. The summed E-state index contributed by atoms with van der Waals surface area (Å²) < 4.78 is 1.73. The van der Waals surface area contributed by atoms with Crippen molar-refractivity contribution in [2.24, 2.45) is 5.41 Å². The van der Waals surface area contributed by atoms with Crippen LogP contribution in [0.3, 0.4) is 0 Å². The van der Waals surface area contributed by atoms with Crippen LogP contribution in [0.4, 0.5) is 0 Å². The average molecular weight is 375 g/mol. The van der Waals surface area contributed by atoms with Crippen molar-refractivity contribution in [1.82, 2.24) is 15.2 Å². The van der Waals surface area contributed by atoms with Gasteiger partial charge in [-0.2, -0.15) is 0 Å². The van der Waals surface area contributed by atoms with E-state index in [4.69, 9.17) is 9.90 Å². The number of aromatic nitrogens is 1. The van der Waals surface area contributed by atoms with Gasteiger partial charge in [0.2, 0.25) is 0 Å². The number of rotatable bonds is 3. The first-order valence-corrected chi connectivity index (χ1v) is 9.74. The molecule has 1 amide bonds. The molecule has 0 unspecified atom stereocenters. The molecule has 3 fully saturated rings. The van der Waals surface area contributed by atoms with Gasteiger partial charge in [-0.3, -0.25) is 14.4 Å². The molecule has 1 spiro atoms. The van der Waals surface area contributed by atoms with Gasteiger partial charge in [-0.25, -0.2) is 0 Å². The number of nitrogens with one attached hydrogen (secondary N) is 2. The van der Waals surface area contributed by atoms with E-state index in [9.17, 15) is 9.59 Å². The van der Waals surface area contributed by atoms with Crippen LogP contribution in [-0.4, -0.2) is 40.7 Å². The molecular formula is C20H29N3O4. The highest BCUT2D eigenvalue weighted by molar-refractivity contribution is 5.95. The number of hydrogen-bond donors (Lipinski definition) is 3. The molecule has 1 aliphatic heterocycles. The molecule has 0 radical (unpaired) electrons. The number of carboxylic acids is 1. The van der Waals surface area contributed by atoms with Gasteiger partial charge in [0.15, 0.2) is 0 Å². The molecule has 2 aliphatic carbocycles. The lowest BCUT2D eigenvalue weighted by Crippen LogP contribution is -2.54. The van der Waals surface area contributed by atoms with Crippen molar-refractivity contribution in [3.8, 4) is 0 Å². The van der Waals surface area contributed by atoms with E-state index >= 15 is 0 Å². The van der Waals surface area contributed by atoms with Crippen LogP contribution in [0, 0.1) is 12.3 Å². The van der Waals surface area contributed by atoms with Crippen molar-refractivity contribution in [1.29, 1.82) is 0 Å².